The van der Waals surface area contributed by atoms with Crippen LogP contribution in [0.3, 0.4) is 0 Å². The fraction of sp³-hybridized carbons (Fsp3) is 0.429. The molecule has 2 N–H and O–H groups in total. The molecule has 0 aromatic heterocycles. The highest BCUT2D eigenvalue weighted by atomic mass is 16.3. The van der Waals surface area contributed by atoms with E-state index in [0.29, 0.717) is 17.8 Å². The van der Waals surface area contributed by atoms with Crippen molar-refractivity contribution in [3.63, 3.8) is 0 Å². The standard InChI is InChI=1S/C42H50O2/c1-2-3-8-25-36(34-26-37(30-17-9-4-10-18-30)41(43)38(27-34)31-19-11-5-12-20-31)35-28-39(32-21-13-6-14-22-32)42(44)40(29-35)33-23-15-7-16-24-33/h4-7,9-24,34-44H,2-3,8,25-29H2,1H3. The topological polar surface area (TPSA) is 40.5 Å². The summed E-state index contributed by atoms with van der Waals surface area (Å²) in [6.45, 7) is 2.30. The van der Waals surface area contributed by atoms with Gasteiger partial charge in [0, 0.05) is 23.7 Å². The highest BCUT2D eigenvalue weighted by molar-refractivity contribution is 5.30. The first kappa shape index (κ1) is 30.8. The third-order valence-electron chi connectivity index (χ3n) is 11.1. The van der Waals surface area contributed by atoms with Crippen molar-refractivity contribution >= 4 is 0 Å². The van der Waals surface area contributed by atoms with Crippen molar-refractivity contribution < 1.29 is 10.2 Å². The maximum absolute atomic E-state index is 11.9. The van der Waals surface area contributed by atoms with Crippen LogP contribution in [0.2, 0.25) is 0 Å². The number of benzene rings is 4. The van der Waals surface area contributed by atoms with E-state index in [2.05, 4.69) is 128 Å². The number of aliphatic hydroxyl groups is 2. The molecule has 4 aromatic carbocycles. The molecule has 4 unspecified atom stereocenters. The maximum atomic E-state index is 11.9. The fourth-order valence-corrected chi connectivity index (χ4v) is 8.94. The lowest BCUT2D eigenvalue weighted by Gasteiger charge is -2.48. The quantitative estimate of drug-likeness (QED) is 0.182. The van der Waals surface area contributed by atoms with E-state index in [0.717, 1.165) is 25.7 Å². The van der Waals surface area contributed by atoms with Crippen molar-refractivity contribution in [2.75, 3.05) is 0 Å². The summed E-state index contributed by atoms with van der Waals surface area (Å²) in [5, 5.41) is 23.9. The second kappa shape index (κ2) is 14.7. The van der Waals surface area contributed by atoms with Crippen LogP contribution < -0.4 is 0 Å². The molecule has 0 bridgehead atoms. The van der Waals surface area contributed by atoms with Crippen LogP contribution in [0.4, 0.5) is 0 Å². The van der Waals surface area contributed by atoms with Gasteiger partial charge < -0.3 is 10.2 Å². The number of unbranched alkanes of at least 4 members (excludes halogenated alkanes) is 2. The summed E-state index contributed by atoms with van der Waals surface area (Å²) in [4.78, 5) is 0. The summed E-state index contributed by atoms with van der Waals surface area (Å²) in [7, 11) is 0. The Kier molecular flexibility index (Phi) is 10.3. The summed E-state index contributed by atoms with van der Waals surface area (Å²) in [6.07, 6.45) is 8.26. The van der Waals surface area contributed by atoms with Crippen LogP contribution in [0.15, 0.2) is 121 Å². The van der Waals surface area contributed by atoms with Gasteiger partial charge in [-0.1, -0.05) is 148 Å². The van der Waals surface area contributed by atoms with E-state index < -0.39 is 12.2 Å². The molecule has 0 amide bonds. The van der Waals surface area contributed by atoms with Crippen molar-refractivity contribution in [3.05, 3.63) is 144 Å². The lowest BCUT2D eigenvalue weighted by atomic mass is 9.58. The third kappa shape index (κ3) is 6.87. The molecule has 44 heavy (non-hydrogen) atoms. The van der Waals surface area contributed by atoms with Crippen LogP contribution in [0, 0.1) is 17.8 Å². The predicted octanol–water partition coefficient (Wildman–Crippen LogP) is 9.86. The molecule has 0 spiro atoms. The highest BCUT2D eigenvalue weighted by Crippen LogP contribution is 2.54. The molecule has 0 radical (unpaired) electrons. The molecular weight excluding hydrogens is 536 g/mol. The lowest BCUT2D eigenvalue weighted by Crippen LogP contribution is -2.42. The minimum atomic E-state index is -0.394. The average molecular weight is 587 g/mol. The molecule has 6 rings (SSSR count). The molecule has 2 nitrogen and oxygen atoms in total. The minimum absolute atomic E-state index is 0.123. The van der Waals surface area contributed by atoms with Crippen molar-refractivity contribution in [1.82, 2.24) is 0 Å². The van der Waals surface area contributed by atoms with E-state index >= 15 is 0 Å². The summed E-state index contributed by atoms with van der Waals surface area (Å²) in [5.74, 6) is 2.07. The molecule has 2 aliphatic carbocycles. The zero-order chi connectivity index (χ0) is 30.3. The summed E-state index contributed by atoms with van der Waals surface area (Å²) in [5.41, 5.74) is 5.06. The van der Waals surface area contributed by atoms with Crippen LogP contribution in [0.1, 0.15) is 104 Å². The summed E-state index contributed by atoms with van der Waals surface area (Å²) < 4.78 is 0. The van der Waals surface area contributed by atoms with Gasteiger partial charge in [-0.2, -0.15) is 0 Å². The number of aliphatic hydroxyl groups excluding tert-OH is 2. The Morgan fingerprint density at radius 3 is 1.05 bits per heavy atom. The van der Waals surface area contributed by atoms with Crippen LogP contribution in [0.25, 0.3) is 0 Å². The summed E-state index contributed by atoms with van der Waals surface area (Å²) in [6, 6.07) is 43.1. The molecule has 2 saturated carbocycles. The maximum Gasteiger partial charge on any atom is 0.0677 e. The first-order chi connectivity index (χ1) is 21.6. The SMILES string of the molecule is CCCCCC(C1CC(c2ccccc2)C(O)C(c2ccccc2)C1)C1CC(c2ccccc2)C(O)C(c2ccccc2)C1. The summed E-state index contributed by atoms with van der Waals surface area (Å²) >= 11 is 0. The van der Waals surface area contributed by atoms with Gasteiger partial charge in [-0.05, 0) is 72.1 Å². The van der Waals surface area contributed by atoms with Gasteiger partial charge in [0.05, 0.1) is 12.2 Å². The monoisotopic (exact) mass is 586 g/mol. The number of hydrogen-bond acceptors (Lipinski definition) is 2. The van der Waals surface area contributed by atoms with Crippen molar-refractivity contribution in [2.24, 2.45) is 17.8 Å². The number of rotatable bonds is 10. The van der Waals surface area contributed by atoms with E-state index in [1.165, 1.54) is 47.9 Å². The van der Waals surface area contributed by atoms with Gasteiger partial charge in [0.15, 0.2) is 0 Å². The van der Waals surface area contributed by atoms with Gasteiger partial charge in [-0.25, -0.2) is 0 Å². The average Bonchev–Trinajstić information content (AvgIpc) is 3.09. The van der Waals surface area contributed by atoms with Gasteiger partial charge in [0.25, 0.3) is 0 Å². The Balaban J connectivity index is 1.38. The van der Waals surface area contributed by atoms with Crippen molar-refractivity contribution in [2.45, 2.75) is 94.2 Å². The Hall–Kier alpha value is -3.20. The first-order valence-electron chi connectivity index (χ1n) is 17.2. The molecule has 4 atom stereocenters. The van der Waals surface area contributed by atoms with E-state index in [1.807, 2.05) is 0 Å². The normalized spacial score (nSPS) is 29.6. The Morgan fingerprint density at radius 2 is 0.773 bits per heavy atom. The number of hydrogen-bond donors (Lipinski definition) is 2. The molecule has 0 saturated heterocycles. The van der Waals surface area contributed by atoms with Gasteiger partial charge >= 0.3 is 0 Å². The fourth-order valence-electron chi connectivity index (χ4n) is 8.94. The molecule has 2 aliphatic rings. The molecule has 0 heterocycles. The minimum Gasteiger partial charge on any atom is -0.392 e. The third-order valence-corrected chi connectivity index (χ3v) is 11.1. The van der Waals surface area contributed by atoms with E-state index in [9.17, 15) is 10.2 Å². The van der Waals surface area contributed by atoms with Gasteiger partial charge in [0.2, 0.25) is 0 Å². The van der Waals surface area contributed by atoms with Gasteiger partial charge in [0.1, 0.15) is 0 Å². The Morgan fingerprint density at radius 1 is 0.477 bits per heavy atom. The van der Waals surface area contributed by atoms with Crippen molar-refractivity contribution in [3.8, 4) is 0 Å². The molecule has 230 valence electrons. The van der Waals surface area contributed by atoms with E-state index in [-0.39, 0.29) is 23.7 Å². The van der Waals surface area contributed by atoms with E-state index in [4.69, 9.17) is 0 Å². The van der Waals surface area contributed by atoms with Crippen LogP contribution in [0.5, 0.6) is 0 Å². The predicted molar refractivity (Wildman–Crippen MR) is 182 cm³/mol. The van der Waals surface area contributed by atoms with Crippen LogP contribution >= 0.6 is 0 Å². The second-order valence-electron chi connectivity index (χ2n) is 13.7. The first-order valence-corrected chi connectivity index (χ1v) is 17.2. The Labute approximate surface area is 265 Å². The molecule has 4 aromatic rings. The molecular formula is C42H50O2. The second-order valence-corrected chi connectivity index (χ2v) is 13.7. The van der Waals surface area contributed by atoms with Crippen LogP contribution in [-0.2, 0) is 0 Å². The largest absolute Gasteiger partial charge is 0.392 e. The molecule has 2 fully saturated rings. The highest BCUT2D eigenvalue weighted by Gasteiger charge is 2.46. The van der Waals surface area contributed by atoms with E-state index in [1.54, 1.807) is 0 Å². The lowest BCUT2D eigenvalue weighted by molar-refractivity contribution is 0.00268. The van der Waals surface area contributed by atoms with Crippen molar-refractivity contribution in [1.29, 1.82) is 0 Å². The van der Waals surface area contributed by atoms with Gasteiger partial charge in [-0.15, -0.1) is 0 Å². The van der Waals surface area contributed by atoms with Crippen LogP contribution in [-0.4, -0.2) is 22.4 Å². The smallest absolute Gasteiger partial charge is 0.0677 e. The zero-order valence-corrected chi connectivity index (χ0v) is 26.3. The zero-order valence-electron chi connectivity index (χ0n) is 26.3. The molecule has 0 aliphatic heterocycles. The Bertz CT molecular complexity index is 1190. The van der Waals surface area contributed by atoms with Gasteiger partial charge in [-0.3, -0.25) is 0 Å². The molecule has 2 heteroatoms.